The van der Waals surface area contributed by atoms with Crippen molar-refractivity contribution < 1.29 is 20.1 Å². The molecule has 31 heavy (non-hydrogen) atoms. The predicted molar refractivity (Wildman–Crippen MR) is 126 cm³/mol. The van der Waals surface area contributed by atoms with Crippen molar-refractivity contribution in [3.8, 4) is 0 Å². The van der Waals surface area contributed by atoms with E-state index in [0.717, 1.165) is 19.3 Å². The molecule has 2 rings (SSSR count). The lowest BCUT2D eigenvalue weighted by molar-refractivity contribution is -0.137. The highest BCUT2D eigenvalue weighted by Gasteiger charge is 2.39. The van der Waals surface area contributed by atoms with E-state index in [4.69, 9.17) is 5.11 Å². The zero-order valence-corrected chi connectivity index (χ0v) is 19.3. The van der Waals surface area contributed by atoms with Crippen molar-refractivity contribution in [1.82, 2.24) is 0 Å². The van der Waals surface area contributed by atoms with Gasteiger partial charge in [-0.05, 0) is 54.9 Å². The maximum absolute atomic E-state index is 10.6. The van der Waals surface area contributed by atoms with Crippen molar-refractivity contribution in [3.05, 3.63) is 60.2 Å². The number of aliphatic hydroxyl groups is 2. The molecular weight excluding hydrogens is 388 g/mol. The van der Waals surface area contributed by atoms with Crippen molar-refractivity contribution >= 4 is 5.97 Å². The summed E-state index contributed by atoms with van der Waals surface area (Å²) in [4.78, 5) is 10.6. The maximum Gasteiger partial charge on any atom is 0.303 e. The lowest BCUT2D eigenvalue weighted by Crippen LogP contribution is -2.22. The summed E-state index contributed by atoms with van der Waals surface area (Å²) in [5.74, 6) is -0.449. The van der Waals surface area contributed by atoms with Gasteiger partial charge in [0, 0.05) is 18.8 Å². The molecule has 0 aromatic heterocycles. The van der Waals surface area contributed by atoms with Gasteiger partial charge in [-0.3, -0.25) is 4.79 Å². The van der Waals surface area contributed by atoms with Crippen molar-refractivity contribution in [2.75, 3.05) is 0 Å². The quantitative estimate of drug-likeness (QED) is 0.326. The number of aliphatic hydroxyl groups excluding tert-OH is 2. The Balaban J connectivity index is 1.98. The number of unbranched alkanes of at least 4 members (excludes halogenated alkanes) is 1. The second-order valence-electron chi connectivity index (χ2n) is 9.99. The second kappa shape index (κ2) is 12.2. The summed E-state index contributed by atoms with van der Waals surface area (Å²) >= 11 is 0. The molecule has 172 valence electrons. The summed E-state index contributed by atoms with van der Waals surface area (Å²) in [6.45, 7) is 6.76. The van der Waals surface area contributed by atoms with Gasteiger partial charge < -0.3 is 15.3 Å². The number of hydrogen-bond donors (Lipinski definition) is 3. The number of carboxylic acids is 1. The molecule has 0 heterocycles. The third kappa shape index (κ3) is 8.62. The summed E-state index contributed by atoms with van der Waals surface area (Å²) in [7, 11) is 0. The normalized spacial score (nSPS) is 25.5. The number of hydrogen-bond acceptors (Lipinski definition) is 3. The molecule has 0 unspecified atom stereocenters. The van der Waals surface area contributed by atoms with Gasteiger partial charge in [0.05, 0.1) is 12.2 Å². The zero-order valence-electron chi connectivity index (χ0n) is 19.3. The molecule has 1 aliphatic rings. The topological polar surface area (TPSA) is 77.8 Å². The summed E-state index contributed by atoms with van der Waals surface area (Å²) < 4.78 is 0. The fourth-order valence-electron chi connectivity index (χ4n) is 4.50. The minimum atomic E-state index is -0.770. The van der Waals surface area contributed by atoms with Gasteiger partial charge in [0.15, 0.2) is 0 Å². The van der Waals surface area contributed by atoms with Crippen LogP contribution in [0, 0.1) is 23.2 Å². The third-order valence-corrected chi connectivity index (χ3v) is 6.52. The predicted octanol–water partition coefficient (Wildman–Crippen LogP) is 5.40. The smallest absolute Gasteiger partial charge is 0.303 e. The number of carbonyl (C=O) groups is 1. The first-order chi connectivity index (χ1) is 14.7. The van der Waals surface area contributed by atoms with E-state index in [1.807, 2.05) is 18.2 Å². The first-order valence-corrected chi connectivity index (χ1v) is 11.6. The standard InChI is InChI=1S/C27H40O4/c1-27(2,3)21(16-15-20-11-7-6-8-12-20)17-18-23-22(24(28)19-25(23)29)13-9-4-5-10-14-26(30)31/h4,6-9,11-12,17-18,21-25,28-29H,5,10,13-16,19H2,1-3H3,(H,30,31)/b9-4-,18-17+/t21-,22+,23+,24-,25+/m0/s1. The molecule has 4 heteroatoms. The monoisotopic (exact) mass is 428 g/mol. The van der Waals surface area contributed by atoms with Crippen LogP contribution in [0.1, 0.15) is 64.9 Å². The van der Waals surface area contributed by atoms with Gasteiger partial charge in [-0.1, -0.05) is 75.4 Å². The molecule has 4 nitrogen and oxygen atoms in total. The Hall–Kier alpha value is -1.91. The molecule has 1 fully saturated rings. The molecule has 1 aliphatic carbocycles. The number of benzene rings is 1. The van der Waals surface area contributed by atoms with Crippen LogP contribution in [0.2, 0.25) is 0 Å². The van der Waals surface area contributed by atoms with Crippen LogP contribution in [0.15, 0.2) is 54.6 Å². The van der Waals surface area contributed by atoms with Crippen LogP contribution in [0.4, 0.5) is 0 Å². The highest BCUT2D eigenvalue weighted by Crippen LogP contribution is 2.38. The van der Waals surface area contributed by atoms with Crippen LogP contribution in [0.25, 0.3) is 0 Å². The number of aliphatic carboxylic acids is 1. The van der Waals surface area contributed by atoms with E-state index in [0.29, 0.717) is 25.2 Å². The minimum absolute atomic E-state index is 0.00304. The van der Waals surface area contributed by atoms with Crippen LogP contribution >= 0.6 is 0 Å². The van der Waals surface area contributed by atoms with Crippen LogP contribution in [0.5, 0.6) is 0 Å². The van der Waals surface area contributed by atoms with Gasteiger partial charge in [0.25, 0.3) is 0 Å². The summed E-state index contributed by atoms with van der Waals surface area (Å²) in [5.41, 5.74) is 1.46. The molecule has 5 atom stereocenters. The van der Waals surface area contributed by atoms with Gasteiger partial charge in [-0.15, -0.1) is 0 Å². The highest BCUT2D eigenvalue weighted by molar-refractivity contribution is 5.66. The molecule has 1 aromatic carbocycles. The number of carboxylic acid groups (broad SMARTS) is 1. The van der Waals surface area contributed by atoms with Gasteiger partial charge in [-0.2, -0.15) is 0 Å². The van der Waals surface area contributed by atoms with Crippen molar-refractivity contribution in [3.63, 3.8) is 0 Å². The van der Waals surface area contributed by atoms with E-state index in [2.05, 4.69) is 57.2 Å². The van der Waals surface area contributed by atoms with Gasteiger partial charge in [0.1, 0.15) is 0 Å². The Labute approximate surface area is 187 Å². The minimum Gasteiger partial charge on any atom is -0.481 e. The van der Waals surface area contributed by atoms with E-state index in [1.54, 1.807) is 0 Å². The van der Waals surface area contributed by atoms with E-state index in [1.165, 1.54) is 5.56 Å². The van der Waals surface area contributed by atoms with E-state index < -0.39 is 18.2 Å². The van der Waals surface area contributed by atoms with Crippen molar-refractivity contribution in [2.24, 2.45) is 23.2 Å². The molecular formula is C27H40O4. The fraction of sp³-hybridized carbons (Fsp3) is 0.593. The van der Waals surface area contributed by atoms with Gasteiger partial charge >= 0.3 is 5.97 Å². The number of rotatable bonds is 11. The largest absolute Gasteiger partial charge is 0.481 e. The second-order valence-corrected chi connectivity index (χ2v) is 9.99. The van der Waals surface area contributed by atoms with E-state index in [-0.39, 0.29) is 23.7 Å². The molecule has 0 saturated heterocycles. The van der Waals surface area contributed by atoms with Crippen LogP contribution < -0.4 is 0 Å². The van der Waals surface area contributed by atoms with E-state index in [9.17, 15) is 15.0 Å². The maximum atomic E-state index is 10.6. The highest BCUT2D eigenvalue weighted by atomic mass is 16.4. The Morgan fingerprint density at radius 1 is 1.13 bits per heavy atom. The first-order valence-electron chi connectivity index (χ1n) is 11.6. The molecule has 0 amide bonds. The summed E-state index contributed by atoms with van der Waals surface area (Å²) in [6.07, 6.45) is 12.1. The third-order valence-electron chi connectivity index (χ3n) is 6.52. The lowest BCUT2D eigenvalue weighted by atomic mass is 9.76. The SMILES string of the molecule is CC(C)(C)[C@H](/C=C/[C@@H]1[C@@H](C/C=C\CCCC(=O)O)[C@@H](O)C[C@H]1O)CCc1ccccc1. The van der Waals surface area contributed by atoms with Crippen LogP contribution in [0.3, 0.4) is 0 Å². The Morgan fingerprint density at radius 3 is 2.48 bits per heavy atom. The molecule has 0 bridgehead atoms. The molecule has 0 radical (unpaired) electrons. The molecule has 0 spiro atoms. The van der Waals surface area contributed by atoms with Crippen LogP contribution in [-0.4, -0.2) is 33.5 Å². The molecule has 3 N–H and O–H groups in total. The van der Waals surface area contributed by atoms with E-state index >= 15 is 0 Å². The Bertz CT molecular complexity index is 717. The van der Waals surface area contributed by atoms with Crippen molar-refractivity contribution in [1.29, 1.82) is 0 Å². The fourth-order valence-corrected chi connectivity index (χ4v) is 4.50. The van der Waals surface area contributed by atoms with Crippen molar-refractivity contribution in [2.45, 2.75) is 77.9 Å². The summed E-state index contributed by atoms with van der Waals surface area (Å²) in [5, 5.41) is 29.7. The number of allylic oxidation sites excluding steroid dienone is 3. The van der Waals surface area contributed by atoms with Gasteiger partial charge in [-0.25, -0.2) is 0 Å². The Morgan fingerprint density at radius 2 is 1.84 bits per heavy atom. The molecule has 1 saturated carbocycles. The lowest BCUT2D eigenvalue weighted by Gasteiger charge is -2.29. The zero-order chi connectivity index (χ0) is 22.9. The molecule has 1 aromatic rings. The number of aryl methyl sites for hydroxylation is 1. The Kier molecular flexibility index (Phi) is 9.98. The van der Waals surface area contributed by atoms with Gasteiger partial charge in [0.2, 0.25) is 0 Å². The first kappa shape index (κ1) is 25.4. The average Bonchev–Trinajstić information content (AvgIpc) is 2.96. The average molecular weight is 429 g/mol. The molecule has 0 aliphatic heterocycles. The summed E-state index contributed by atoms with van der Waals surface area (Å²) in [6, 6.07) is 10.5. The van der Waals surface area contributed by atoms with Crippen LogP contribution in [-0.2, 0) is 11.2 Å².